The molecule has 0 saturated carbocycles. The zero-order valence-corrected chi connectivity index (χ0v) is 9.36. The third-order valence-corrected chi connectivity index (χ3v) is 2.99. The molecule has 2 aromatic rings. The number of fused-ring (bicyclic) bond motifs is 1. The Bertz CT molecular complexity index is 545. The smallest absolute Gasteiger partial charge is 0.168 e. The number of nitrogens with one attached hydrogen (secondary N) is 2. The Morgan fingerprint density at radius 3 is 2.82 bits per heavy atom. The molecule has 1 aromatic carbocycles. The van der Waals surface area contributed by atoms with Gasteiger partial charge in [-0.3, -0.25) is 9.89 Å². The van der Waals surface area contributed by atoms with Crippen molar-refractivity contribution >= 4 is 17.3 Å². The molecule has 1 aliphatic rings. The Balaban J connectivity index is 1.94. The van der Waals surface area contributed by atoms with Gasteiger partial charge >= 0.3 is 0 Å². The van der Waals surface area contributed by atoms with Crippen molar-refractivity contribution in [1.82, 2.24) is 10.2 Å². The highest BCUT2D eigenvalue weighted by Gasteiger charge is 2.23. The first-order valence-corrected chi connectivity index (χ1v) is 5.77. The molecule has 0 radical (unpaired) electrons. The van der Waals surface area contributed by atoms with E-state index in [0.717, 1.165) is 29.8 Å². The Hall–Kier alpha value is -2.10. The number of nitrogens with zero attached hydrogens (tertiary/aromatic N) is 1. The van der Waals surface area contributed by atoms with Gasteiger partial charge in [-0.05, 0) is 25.0 Å². The van der Waals surface area contributed by atoms with Crippen molar-refractivity contribution in [3.8, 4) is 0 Å². The van der Waals surface area contributed by atoms with Crippen molar-refractivity contribution in [1.29, 1.82) is 0 Å². The summed E-state index contributed by atoms with van der Waals surface area (Å²) >= 11 is 0. The number of Topliss-reactive ketones (excluding diaryl/α,β-unsaturated/α-hetero) is 1. The topological polar surface area (TPSA) is 57.8 Å². The molecule has 1 aromatic heterocycles. The summed E-state index contributed by atoms with van der Waals surface area (Å²) in [6, 6.07) is 9.76. The maximum atomic E-state index is 11.9. The number of H-pyrrole nitrogens is 1. The third kappa shape index (κ3) is 1.82. The van der Waals surface area contributed by atoms with Gasteiger partial charge in [0, 0.05) is 17.8 Å². The van der Waals surface area contributed by atoms with E-state index in [1.165, 1.54) is 0 Å². The average Bonchev–Trinajstić information content (AvgIpc) is 2.75. The van der Waals surface area contributed by atoms with Crippen LogP contribution >= 0.6 is 0 Å². The lowest BCUT2D eigenvalue weighted by Crippen LogP contribution is -2.10. The zero-order chi connectivity index (χ0) is 11.7. The lowest BCUT2D eigenvalue weighted by molar-refractivity contribution is 0.0973. The summed E-state index contributed by atoms with van der Waals surface area (Å²) in [6.07, 6.45) is 2.44. The van der Waals surface area contributed by atoms with Crippen molar-refractivity contribution in [3.63, 3.8) is 0 Å². The summed E-state index contributed by atoms with van der Waals surface area (Å²) < 4.78 is 0. The summed E-state index contributed by atoms with van der Waals surface area (Å²) in [7, 11) is 0. The molecule has 0 saturated heterocycles. The van der Waals surface area contributed by atoms with E-state index >= 15 is 0 Å². The van der Waals surface area contributed by atoms with E-state index in [1.807, 2.05) is 30.3 Å². The van der Waals surface area contributed by atoms with Gasteiger partial charge in [0.05, 0.1) is 5.56 Å². The van der Waals surface area contributed by atoms with E-state index in [0.29, 0.717) is 12.2 Å². The summed E-state index contributed by atoms with van der Waals surface area (Å²) in [4.78, 5) is 11.9. The number of anilines is 2. The van der Waals surface area contributed by atoms with Crippen molar-refractivity contribution in [2.24, 2.45) is 0 Å². The maximum absolute atomic E-state index is 11.9. The van der Waals surface area contributed by atoms with Gasteiger partial charge in [-0.15, -0.1) is 0 Å². The van der Waals surface area contributed by atoms with E-state index in [2.05, 4.69) is 15.5 Å². The molecule has 2 N–H and O–H groups in total. The summed E-state index contributed by atoms with van der Waals surface area (Å²) in [5.74, 6) is 0.828. The van der Waals surface area contributed by atoms with Crippen LogP contribution in [0.3, 0.4) is 0 Å². The van der Waals surface area contributed by atoms with Gasteiger partial charge in [-0.1, -0.05) is 18.2 Å². The minimum absolute atomic E-state index is 0.179. The first-order valence-electron chi connectivity index (χ1n) is 5.77. The van der Waals surface area contributed by atoms with Crippen LogP contribution in [-0.4, -0.2) is 16.0 Å². The van der Waals surface area contributed by atoms with Crippen LogP contribution in [0.5, 0.6) is 0 Å². The predicted molar refractivity (Wildman–Crippen MR) is 65.6 cm³/mol. The number of hydrogen-bond acceptors (Lipinski definition) is 3. The van der Waals surface area contributed by atoms with Gasteiger partial charge in [0.25, 0.3) is 0 Å². The molecule has 0 atom stereocenters. The molecule has 1 aliphatic carbocycles. The molecule has 1 heterocycles. The van der Waals surface area contributed by atoms with Crippen LogP contribution in [0.25, 0.3) is 0 Å². The lowest BCUT2D eigenvalue weighted by atomic mass is 9.96. The Kier molecular flexibility index (Phi) is 2.40. The van der Waals surface area contributed by atoms with Crippen LogP contribution in [0.15, 0.2) is 30.3 Å². The van der Waals surface area contributed by atoms with Crippen molar-refractivity contribution in [2.45, 2.75) is 19.3 Å². The Labute approximate surface area is 99.1 Å². The molecule has 0 amide bonds. The van der Waals surface area contributed by atoms with Crippen molar-refractivity contribution in [3.05, 3.63) is 41.6 Å². The maximum Gasteiger partial charge on any atom is 0.168 e. The highest BCUT2D eigenvalue weighted by molar-refractivity contribution is 6.02. The fourth-order valence-corrected chi connectivity index (χ4v) is 2.16. The molecular weight excluding hydrogens is 214 g/mol. The molecule has 17 heavy (non-hydrogen) atoms. The van der Waals surface area contributed by atoms with Gasteiger partial charge in [-0.2, -0.15) is 5.10 Å². The Morgan fingerprint density at radius 1 is 1.18 bits per heavy atom. The summed E-state index contributed by atoms with van der Waals surface area (Å²) in [5, 5.41) is 10.3. The first kappa shape index (κ1) is 10.1. The highest BCUT2D eigenvalue weighted by Crippen LogP contribution is 2.27. The number of para-hydroxylation sites is 1. The van der Waals surface area contributed by atoms with E-state index < -0.39 is 0 Å². The van der Waals surface area contributed by atoms with Gasteiger partial charge in [0.1, 0.15) is 0 Å². The van der Waals surface area contributed by atoms with Crippen LogP contribution < -0.4 is 5.32 Å². The molecule has 3 rings (SSSR count). The molecule has 0 aliphatic heterocycles. The average molecular weight is 227 g/mol. The number of aromatic amines is 1. The number of ketones is 1. The quantitative estimate of drug-likeness (QED) is 0.829. The number of rotatable bonds is 2. The highest BCUT2D eigenvalue weighted by atomic mass is 16.1. The zero-order valence-electron chi connectivity index (χ0n) is 9.36. The minimum atomic E-state index is 0.179. The van der Waals surface area contributed by atoms with Crippen LogP contribution in [0.4, 0.5) is 11.5 Å². The van der Waals surface area contributed by atoms with E-state index in [-0.39, 0.29) is 5.78 Å². The minimum Gasteiger partial charge on any atom is -0.338 e. The summed E-state index contributed by atoms with van der Waals surface area (Å²) in [6.45, 7) is 0. The van der Waals surface area contributed by atoms with E-state index in [9.17, 15) is 4.79 Å². The van der Waals surface area contributed by atoms with Gasteiger partial charge in [-0.25, -0.2) is 0 Å². The van der Waals surface area contributed by atoms with Crippen LogP contribution in [0, 0.1) is 0 Å². The number of aromatic nitrogens is 2. The van der Waals surface area contributed by atoms with Crippen LogP contribution in [0.1, 0.15) is 28.9 Å². The van der Waals surface area contributed by atoms with Crippen molar-refractivity contribution in [2.75, 3.05) is 5.32 Å². The predicted octanol–water partition coefficient (Wildman–Crippen LogP) is 2.67. The second-order valence-electron chi connectivity index (χ2n) is 4.19. The van der Waals surface area contributed by atoms with Gasteiger partial charge < -0.3 is 5.32 Å². The molecule has 86 valence electrons. The lowest BCUT2D eigenvalue weighted by Gasteiger charge is -2.10. The standard InChI is InChI=1S/C13H13N3O/c17-11-8-4-7-10-12(11)13(16-15-10)14-9-5-2-1-3-6-9/h1-3,5-6H,4,7-8H2,(H2,14,15,16). The molecule has 4 heteroatoms. The fourth-order valence-electron chi connectivity index (χ4n) is 2.16. The largest absolute Gasteiger partial charge is 0.338 e. The van der Waals surface area contributed by atoms with Gasteiger partial charge in [0.2, 0.25) is 0 Å². The summed E-state index contributed by atoms with van der Waals surface area (Å²) in [5.41, 5.74) is 2.64. The van der Waals surface area contributed by atoms with Crippen LogP contribution in [0.2, 0.25) is 0 Å². The number of carbonyl (C=O) groups excluding carboxylic acids is 1. The molecule has 0 spiro atoms. The van der Waals surface area contributed by atoms with E-state index in [1.54, 1.807) is 0 Å². The molecule has 0 unspecified atom stereocenters. The second kappa shape index (κ2) is 4.05. The van der Waals surface area contributed by atoms with Gasteiger partial charge in [0.15, 0.2) is 11.6 Å². The molecule has 0 fully saturated rings. The SMILES string of the molecule is O=C1CCCc2[nH]nc(Nc3ccccc3)c21. The molecule has 0 bridgehead atoms. The fraction of sp³-hybridized carbons (Fsp3) is 0.231. The molecule has 4 nitrogen and oxygen atoms in total. The second-order valence-corrected chi connectivity index (χ2v) is 4.19. The number of hydrogen-bond donors (Lipinski definition) is 2. The number of aryl methyl sites for hydroxylation is 1. The normalized spacial score (nSPS) is 14.5. The third-order valence-electron chi connectivity index (χ3n) is 2.99. The van der Waals surface area contributed by atoms with E-state index in [4.69, 9.17) is 0 Å². The monoisotopic (exact) mass is 227 g/mol. The first-order chi connectivity index (χ1) is 8.34. The number of benzene rings is 1. The Morgan fingerprint density at radius 2 is 2.00 bits per heavy atom. The van der Waals surface area contributed by atoms with Crippen molar-refractivity contribution < 1.29 is 4.79 Å². The molecular formula is C13H13N3O. The number of carbonyl (C=O) groups is 1. The van der Waals surface area contributed by atoms with Crippen LogP contribution in [-0.2, 0) is 6.42 Å².